The lowest BCUT2D eigenvalue weighted by Gasteiger charge is -1.98. The van der Waals surface area contributed by atoms with E-state index in [-0.39, 0.29) is 5.78 Å². The lowest BCUT2D eigenvalue weighted by molar-refractivity contribution is 0.104. The Labute approximate surface area is 123 Å². The van der Waals surface area contributed by atoms with Gasteiger partial charge in [0.25, 0.3) is 0 Å². The van der Waals surface area contributed by atoms with Crippen LogP contribution in [0.1, 0.15) is 15.4 Å². The molecule has 21 heavy (non-hydrogen) atoms. The maximum absolute atomic E-state index is 12.5. The molecule has 2 N–H and O–H groups in total. The molecule has 2 heterocycles. The van der Waals surface area contributed by atoms with Gasteiger partial charge in [0.2, 0.25) is 5.78 Å². The number of amides is 1. The normalized spacial score (nSPS) is 10.5. The van der Waals surface area contributed by atoms with E-state index in [0.29, 0.717) is 16.4 Å². The third kappa shape index (κ3) is 2.50. The van der Waals surface area contributed by atoms with Crippen molar-refractivity contribution in [3.8, 4) is 0 Å². The number of thiazole rings is 1. The highest BCUT2D eigenvalue weighted by molar-refractivity contribution is 7.12. The van der Waals surface area contributed by atoms with Crippen molar-refractivity contribution < 1.29 is 14.3 Å². The number of nitrogens with one attached hydrogen (secondary N) is 2. The summed E-state index contributed by atoms with van der Waals surface area (Å²) in [7, 11) is 1.26. The topological polar surface area (TPSA) is 84.1 Å². The molecule has 6 nitrogen and oxygen atoms in total. The van der Waals surface area contributed by atoms with Crippen LogP contribution in [-0.2, 0) is 4.74 Å². The first-order valence-electron chi connectivity index (χ1n) is 6.10. The van der Waals surface area contributed by atoms with E-state index in [1.54, 1.807) is 11.6 Å². The number of carbonyl (C=O) groups is 2. The summed E-state index contributed by atoms with van der Waals surface area (Å²) in [6, 6.07) is 7.55. The number of fused-ring (bicyclic) bond motifs is 1. The number of H-pyrrole nitrogens is 1. The molecule has 1 amide bonds. The van der Waals surface area contributed by atoms with Crippen LogP contribution in [0.25, 0.3) is 10.9 Å². The van der Waals surface area contributed by atoms with Gasteiger partial charge >= 0.3 is 6.09 Å². The minimum atomic E-state index is -0.619. The Morgan fingerprint density at radius 2 is 2.14 bits per heavy atom. The second-order valence-electron chi connectivity index (χ2n) is 4.23. The van der Waals surface area contributed by atoms with E-state index in [1.165, 1.54) is 18.4 Å². The van der Waals surface area contributed by atoms with Crippen molar-refractivity contribution in [1.82, 2.24) is 9.97 Å². The Morgan fingerprint density at radius 3 is 2.95 bits per heavy atom. The number of hydrogen-bond acceptors (Lipinski definition) is 5. The summed E-state index contributed by atoms with van der Waals surface area (Å²) in [6.07, 6.45) is 1.05. The predicted molar refractivity (Wildman–Crippen MR) is 79.9 cm³/mol. The Balaban J connectivity index is 1.90. The van der Waals surface area contributed by atoms with Crippen molar-refractivity contribution in [2.75, 3.05) is 12.4 Å². The number of benzene rings is 1. The van der Waals surface area contributed by atoms with Gasteiger partial charge < -0.3 is 9.72 Å². The monoisotopic (exact) mass is 301 g/mol. The summed E-state index contributed by atoms with van der Waals surface area (Å²) < 4.78 is 4.48. The third-order valence-corrected chi connectivity index (χ3v) is 3.79. The number of aromatic amines is 1. The SMILES string of the molecule is COC(=O)Nc1csc(C(=O)c2c[nH]c3ccccc23)n1. The number of hydrogen-bond donors (Lipinski definition) is 2. The number of aromatic nitrogens is 2. The molecule has 3 rings (SSSR count). The number of rotatable bonds is 3. The molecule has 3 aromatic rings. The van der Waals surface area contributed by atoms with Crippen LogP contribution in [0.3, 0.4) is 0 Å². The molecular formula is C14H11N3O3S. The van der Waals surface area contributed by atoms with Crippen LogP contribution in [0.4, 0.5) is 10.6 Å². The van der Waals surface area contributed by atoms with Gasteiger partial charge in [0.15, 0.2) is 5.01 Å². The van der Waals surface area contributed by atoms with E-state index >= 15 is 0 Å². The molecule has 0 atom stereocenters. The Bertz CT molecular complexity index is 822. The van der Waals surface area contributed by atoms with Gasteiger partial charge in [-0.2, -0.15) is 0 Å². The highest BCUT2D eigenvalue weighted by atomic mass is 32.1. The number of ketones is 1. The summed E-state index contributed by atoms with van der Waals surface area (Å²) in [5.41, 5.74) is 1.45. The van der Waals surface area contributed by atoms with Crippen LogP contribution < -0.4 is 5.32 Å². The first-order valence-corrected chi connectivity index (χ1v) is 6.98. The Kier molecular flexibility index (Phi) is 3.41. The molecule has 2 aromatic heterocycles. The van der Waals surface area contributed by atoms with E-state index < -0.39 is 6.09 Å². The lowest BCUT2D eigenvalue weighted by atomic mass is 10.1. The first-order chi connectivity index (χ1) is 10.2. The van der Waals surface area contributed by atoms with Crippen molar-refractivity contribution in [1.29, 1.82) is 0 Å². The summed E-state index contributed by atoms with van der Waals surface area (Å²) >= 11 is 1.17. The second-order valence-corrected chi connectivity index (χ2v) is 5.09. The van der Waals surface area contributed by atoms with E-state index in [9.17, 15) is 9.59 Å². The van der Waals surface area contributed by atoms with Crippen LogP contribution >= 0.6 is 11.3 Å². The first kappa shape index (κ1) is 13.3. The van der Waals surface area contributed by atoms with E-state index in [1.807, 2.05) is 24.3 Å². The molecule has 0 radical (unpaired) electrons. The average Bonchev–Trinajstić information content (AvgIpc) is 3.13. The zero-order valence-corrected chi connectivity index (χ0v) is 11.9. The number of ether oxygens (including phenoxy) is 1. The van der Waals surface area contributed by atoms with E-state index in [2.05, 4.69) is 20.0 Å². The Morgan fingerprint density at radius 1 is 1.33 bits per heavy atom. The smallest absolute Gasteiger partial charge is 0.412 e. The molecule has 1 aromatic carbocycles. The average molecular weight is 301 g/mol. The number of methoxy groups -OCH3 is 1. The molecular weight excluding hydrogens is 290 g/mol. The molecule has 0 aliphatic heterocycles. The van der Waals surface area contributed by atoms with Crippen LogP contribution in [0, 0.1) is 0 Å². The largest absolute Gasteiger partial charge is 0.453 e. The molecule has 7 heteroatoms. The van der Waals surface area contributed by atoms with E-state index in [0.717, 1.165) is 10.9 Å². The molecule has 0 unspecified atom stereocenters. The molecule has 0 aliphatic carbocycles. The fourth-order valence-electron chi connectivity index (χ4n) is 1.97. The molecule has 0 aliphatic rings. The van der Waals surface area contributed by atoms with Gasteiger partial charge in [0.1, 0.15) is 5.82 Å². The molecule has 0 spiro atoms. The predicted octanol–water partition coefficient (Wildman–Crippen LogP) is 3.03. The van der Waals surface area contributed by atoms with Crippen molar-refractivity contribution in [2.45, 2.75) is 0 Å². The number of nitrogens with zero attached hydrogens (tertiary/aromatic N) is 1. The van der Waals surface area contributed by atoms with Crippen molar-refractivity contribution in [2.24, 2.45) is 0 Å². The van der Waals surface area contributed by atoms with E-state index in [4.69, 9.17) is 0 Å². The van der Waals surface area contributed by atoms with Gasteiger partial charge in [-0.25, -0.2) is 9.78 Å². The fourth-order valence-corrected chi connectivity index (χ4v) is 2.67. The van der Waals surface area contributed by atoms with Gasteiger partial charge in [0, 0.05) is 22.5 Å². The molecule has 0 saturated heterocycles. The highest BCUT2D eigenvalue weighted by Crippen LogP contribution is 2.23. The van der Waals surface area contributed by atoms with Gasteiger partial charge in [0.05, 0.1) is 12.7 Å². The molecule has 0 bridgehead atoms. The minimum Gasteiger partial charge on any atom is -0.453 e. The summed E-state index contributed by atoms with van der Waals surface area (Å²) in [4.78, 5) is 30.7. The van der Waals surface area contributed by atoms with Gasteiger partial charge in [-0.1, -0.05) is 18.2 Å². The van der Waals surface area contributed by atoms with Crippen LogP contribution in [0.5, 0.6) is 0 Å². The fraction of sp³-hybridized carbons (Fsp3) is 0.0714. The van der Waals surface area contributed by atoms with Gasteiger partial charge in [-0.05, 0) is 6.07 Å². The van der Waals surface area contributed by atoms with Gasteiger partial charge in [-0.3, -0.25) is 10.1 Å². The minimum absolute atomic E-state index is 0.185. The van der Waals surface area contributed by atoms with Crippen LogP contribution in [-0.4, -0.2) is 29.0 Å². The van der Waals surface area contributed by atoms with Crippen LogP contribution in [0.2, 0.25) is 0 Å². The summed E-state index contributed by atoms with van der Waals surface area (Å²) in [5, 5.41) is 5.18. The molecule has 0 fully saturated rings. The third-order valence-electron chi connectivity index (χ3n) is 2.95. The highest BCUT2D eigenvalue weighted by Gasteiger charge is 2.18. The van der Waals surface area contributed by atoms with Gasteiger partial charge in [-0.15, -0.1) is 11.3 Å². The number of anilines is 1. The van der Waals surface area contributed by atoms with Crippen molar-refractivity contribution >= 4 is 39.9 Å². The van der Waals surface area contributed by atoms with Crippen molar-refractivity contribution in [3.05, 3.63) is 46.4 Å². The molecule has 106 valence electrons. The second kappa shape index (κ2) is 5.37. The maximum Gasteiger partial charge on any atom is 0.412 e. The number of carbonyl (C=O) groups excluding carboxylic acids is 2. The zero-order chi connectivity index (χ0) is 14.8. The zero-order valence-electron chi connectivity index (χ0n) is 11.0. The van der Waals surface area contributed by atoms with Crippen LogP contribution in [0.15, 0.2) is 35.8 Å². The standard InChI is InChI=1S/C14H11N3O3S/c1-20-14(19)17-11-7-21-13(16-11)12(18)9-6-15-10-5-3-2-4-8(9)10/h2-7,15H,1H3,(H,17,19). The van der Waals surface area contributed by atoms with Crippen molar-refractivity contribution in [3.63, 3.8) is 0 Å². The lowest BCUT2D eigenvalue weighted by Crippen LogP contribution is -2.11. The number of para-hydroxylation sites is 1. The Hall–Kier alpha value is -2.67. The summed E-state index contributed by atoms with van der Waals surface area (Å²) in [6.45, 7) is 0. The maximum atomic E-state index is 12.5. The molecule has 0 saturated carbocycles. The summed E-state index contributed by atoms with van der Waals surface area (Å²) in [5.74, 6) is 0.116. The quantitative estimate of drug-likeness (QED) is 0.728.